The zero-order valence-electron chi connectivity index (χ0n) is 13.1. The fourth-order valence-corrected chi connectivity index (χ4v) is 2.88. The number of ether oxygens (including phenoxy) is 1. The topological polar surface area (TPSA) is 75.0 Å². The van der Waals surface area contributed by atoms with Gasteiger partial charge in [-0.25, -0.2) is 4.98 Å². The summed E-state index contributed by atoms with van der Waals surface area (Å²) in [5.41, 5.74) is 2.19. The lowest BCUT2D eigenvalue weighted by Gasteiger charge is -2.06. The van der Waals surface area contributed by atoms with Gasteiger partial charge in [-0.2, -0.15) is 14.0 Å². The molecule has 0 atom stereocenters. The van der Waals surface area contributed by atoms with Crippen molar-refractivity contribution in [2.45, 2.75) is 6.61 Å². The van der Waals surface area contributed by atoms with Crippen LogP contribution < -0.4 is 10.1 Å². The van der Waals surface area contributed by atoms with Crippen molar-refractivity contribution >= 4 is 22.4 Å². The van der Waals surface area contributed by atoms with Crippen molar-refractivity contribution in [1.82, 2.24) is 4.98 Å². The lowest BCUT2D eigenvalue weighted by Crippen LogP contribution is -2.12. The van der Waals surface area contributed by atoms with Gasteiger partial charge in [-0.3, -0.25) is 10.1 Å². The number of benzene rings is 2. The first kappa shape index (κ1) is 17.5. The summed E-state index contributed by atoms with van der Waals surface area (Å²) >= 11 is 1.23. The van der Waals surface area contributed by atoms with E-state index in [1.165, 1.54) is 35.6 Å². The quantitative estimate of drug-likeness (QED) is 0.715. The maximum Gasteiger partial charge on any atom is 0.387 e. The summed E-state index contributed by atoms with van der Waals surface area (Å²) in [5, 5.41) is 13.6. The van der Waals surface area contributed by atoms with E-state index in [2.05, 4.69) is 15.0 Å². The van der Waals surface area contributed by atoms with Gasteiger partial charge in [-0.05, 0) is 30.3 Å². The van der Waals surface area contributed by atoms with Crippen LogP contribution >= 0.6 is 11.3 Å². The third-order valence-corrected chi connectivity index (χ3v) is 4.11. The minimum absolute atomic E-state index is 0.0925. The standard InChI is InChI=1S/C18H11F2N3O2S/c19-17(20)25-14-3-1-2-13(8-14)16(24)23-18-22-15(10-26-18)12-6-4-11(9-21)5-7-12/h1-8,10,17H,(H,22,23,24). The van der Waals surface area contributed by atoms with E-state index in [0.717, 1.165) is 5.56 Å². The van der Waals surface area contributed by atoms with Crippen LogP contribution in [0.25, 0.3) is 11.3 Å². The Morgan fingerprint density at radius 1 is 1.23 bits per heavy atom. The largest absolute Gasteiger partial charge is 0.435 e. The molecular formula is C18H11F2N3O2S. The summed E-state index contributed by atoms with van der Waals surface area (Å²) in [5.74, 6) is -0.574. The number of nitriles is 1. The number of aromatic nitrogens is 1. The first-order valence-electron chi connectivity index (χ1n) is 7.37. The lowest BCUT2D eigenvalue weighted by atomic mass is 10.1. The van der Waals surface area contributed by atoms with Crippen molar-refractivity contribution in [2.24, 2.45) is 0 Å². The Balaban J connectivity index is 1.72. The number of carbonyl (C=O) groups excluding carboxylic acids is 1. The molecule has 0 aliphatic carbocycles. The van der Waals surface area contributed by atoms with E-state index >= 15 is 0 Å². The Kier molecular flexibility index (Phi) is 5.20. The van der Waals surface area contributed by atoms with E-state index < -0.39 is 12.5 Å². The molecule has 2 aromatic carbocycles. The summed E-state index contributed by atoms with van der Waals surface area (Å²) < 4.78 is 28.8. The van der Waals surface area contributed by atoms with Gasteiger partial charge in [-0.15, -0.1) is 11.3 Å². The minimum Gasteiger partial charge on any atom is -0.435 e. The summed E-state index contributed by atoms with van der Waals surface area (Å²) in [7, 11) is 0. The molecule has 0 bridgehead atoms. The number of amides is 1. The molecular weight excluding hydrogens is 360 g/mol. The smallest absolute Gasteiger partial charge is 0.387 e. The molecule has 0 unspecified atom stereocenters. The minimum atomic E-state index is -2.96. The maximum atomic E-state index is 12.3. The van der Waals surface area contributed by atoms with Crippen LogP contribution in [-0.4, -0.2) is 17.5 Å². The van der Waals surface area contributed by atoms with Crippen LogP contribution in [0.1, 0.15) is 15.9 Å². The van der Waals surface area contributed by atoms with Crippen LogP contribution in [0.4, 0.5) is 13.9 Å². The molecule has 1 amide bonds. The summed E-state index contributed by atoms with van der Waals surface area (Å²) in [4.78, 5) is 16.6. The highest BCUT2D eigenvalue weighted by molar-refractivity contribution is 7.14. The molecule has 0 radical (unpaired) electrons. The second kappa shape index (κ2) is 7.72. The predicted octanol–water partition coefficient (Wildman–Crippen LogP) is 4.54. The fraction of sp³-hybridized carbons (Fsp3) is 0.0556. The van der Waals surface area contributed by atoms with Crippen molar-refractivity contribution in [1.29, 1.82) is 5.26 Å². The molecule has 130 valence electrons. The first-order chi connectivity index (χ1) is 12.5. The molecule has 3 rings (SSSR count). The molecule has 0 fully saturated rings. The zero-order valence-corrected chi connectivity index (χ0v) is 14.0. The molecule has 26 heavy (non-hydrogen) atoms. The molecule has 3 aromatic rings. The van der Waals surface area contributed by atoms with Crippen LogP contribution in [-0.2, 0) is 0 Å². The van der Waals surface area contributed by atoms with Crippen LogP contribution in [0.5, 0.6) is 5.75 Å². The van der Waals surface area contributed by atoms with Crippen molar-refractivity contribution in [3.8, 4) is 23.1 Å². The van der Waals surface area contributed by atoms with Crippen molar-refractivity contribution in [3.05, 3.63) is 65.0 Å². The predicted molar refractivity (Wildman–Crippen MR) is 93.3 cm³/mol. The molecule has 0 aliphatic heterocycles. The monoisotopic (exact) mass is 371 g/mol. The Morgan fingerprint density at radius 3 is 2.69 bits per heavy atom. The van der Waals surface area contributed by atoms with E-state index in [1.54, 1.807) is 29.6 Å². The number of hydrogen-bond donors (Lipinski definition) is 1. The van der Waals surface area contributed by atoms with Gasteiger partial charge < -0.3 is 4.74 Å². The number of nitrogens with one attached hydrogen (secondary N) is 1. The number of nitrogens with zero attached hydrogens (tertiary/aromatic N) is 2. The molecule has 5 nitrogen and oxygen atoms in total. The molecule has 1 aromatic heterocycles. The van der Waals surface area contributed by atoms with Crippen molar-refractivity contribution in [3.63, 3.8) is 0 Å². The number of thiazole rings is 1. The Labute approximate surface area is 151 Å². The van der Waals surface area contributed by atoms with Crippen LogP contribution in [0.15, 0.2) is 53.9 Å². The molecule has 0 saturated carbocycles. The number of rotatable bonds is 5. The lowest BCUT2D eigenvalue weighted by molar-refractivity contribution is -0.0498. The van der Waals surface area contributed by atoms with E-state index in [1.807, 2.05) is 6.07 Å². The first-order valence-corrected chi connectivity index (χ1v) is 8.25. The normalized spacial score (nSPS) is 10.4. The second-order valence-electron chi connectivity index (χ2n) is 5.09. The number of halogens is 2. The van der Waals surface area contributed by atoms with Gasteiger partial charge in [0, 0.05) is 16.5 Å². The number of carbonyl (C=O) groups is 1. The summed E-state index contributed by atoms with van der Waals surface area (Å²) in [6.07, 6.45) is 0. The summed E-state index contributed by atoms with van der Waals surface area (Å²) in [6.45, 7) is -2.96. The van der Waals surface area contributed by atoms with Gasteiger partial charge >= 0.3 is 6.61 Å². The highest BCUT2D eigenvalue weighted by Crippen LogP contribution is 2.26. The zero-order chi connectivity index (χ0) is 18.5. The third-order valence-electron chi connectivity index (χ3n) is 3.36. The van der Waals surface area contributed by atoms with E-state index in [-0.39, 0.29) is 11.3 Å². The molecule has 1 heterocycles. The molecule has 0 spiro atoms. The Morgan fingerprint density at radius 2 is 2.00 bits per heavy atom. The van der Waals surface area contributed by atoms with Crippen LogP contribution in [0.3, 0.4) is 0 Å². The van der Waals surface area contributed by atoms with Gasteiger partial charge in [0.25, 0.3) is 5.91 Å². The van der Waals surface area contributed by atoms with E-state index in [9.17, 15) is 13.6 Å². The molecule has 0 saturated heterocycles. The van der Waals surface area contributed by atoms with Gasteiger partial charge in [0.15, 0.2) is 5.13 Å². The van der Waals surface area contributed by atoms with Crippen LogP contribution in [0.2, 0.25) is 0 Å². The van der Waals surface area contributed by atoms with Gasteiger partial charge in [0.2, 0.25) is 0 Å². The van der Waals surface area contributed by atoms with Crippen molar-refractivity contribution < 1.29 is 18.3 Å². The highest BCUT2D eigenvalue weighted by Gasteiger charge is 2.12. The fourth-order valence-electron chi connectivity index (χ4n) is 2.16. The van der Waals surface area contributed by atoms with Gasteiger partial charge in [0.1, 0.15) is 5.75 Å². The number of anilines is 1. The van der Waals surface area contributed by atoms with Gasteiger partial charge in [-0.1, -0.05) is 18.2 Å². The second-order valence-corrected chi connectivity index (χ2v) is 5.95. The Bertz CT molecular complexity index is 965. The number of alkyl halides is 2. The summed E-state index contributed by atoms with van der Waals surface area (Å²) in [6, 6.07) is 14.5. The molecule has 0 aliphatic rings. The molecule has 8 heteroatoms. The van der Waals surface area contributed by atoms with Gasteiger partial charge in [0.05, 0.1) is 17.3 Å². The van der Waals surface area contributed by atoms with E-state index in [0.29, 0.717) is 16.4 Å². The highest BCUT2D eigenvalue weighted by atomic mass is 32.1. The third kappa shape index (κ3) is 4.20. The number of hydrogen-bond acceptors (Lipinski definition) is 5. The molecule has 1 N–H and O–H groups in total. The van der Waals surface area contributed by atoms with Crippen molar-refractivity contribution in [2.75, 3.05) is 5.32 Å². The van der Waals surface area contributed by atoms with E-state index in [4.69, 9.17) is 5.26 Å². The Hall–Kier alpha value is -3.31. The maximum absolute atomic E-state index is 12.3. The van der Waals surface area contributed by atoms with Crippen LogP contribution in [0, 0.1) is 11.3 Å². The average molecular weight is 371 g/mol. The average Bonchev–Trinajstić information content (AvgIpc) is 3.10. The SMILES string of the molecule is N#Cc1ccc(-c2csc(NC(=O)c3cccc(OC(F)F)c3)n2)cc1.